The summed E-state index contributed by atoms with van der Waals surface area (Å²) < 4.78 is 10.4. The van der Waals surface area contributed by atoms with Gasteiger partial charge in [0.1, 0.15) is 0 Å². The van der Waals surface area contributed by atoms with Gasteiger partial charge in [0.25, 0.3) is 0 Å². The number of hydrogen-bond acceptors (Lipinski definition) is 5. The molecule has 5 nitrogen and oxygen atoms in total. The molecule has 18 heavy (non-hydrogen) atoms. The second kappa shape index (κ2) is 6.28. The van der Waals surface area contributed by atoms with Gasteiger partial charge in [0, 0.05) is 26.2 Å². The van der Waals surface area contributed by atoms with Gasteiger partial charge in [-0.05, 0) is 6.07 Å². The normalized spacial score (nSPS) is 12.6. The lowest BCUT2D eigenvalue weighted by Crippen LogP contribution is -2.26. The van der Waals surface area contributed by atoms with E-state index in [1.54, 1.807) is 20.4 Å². The second-order valence-electron chi connectivity index (χ2n) is 3.97. The van der Waals surface area contributed by atoms with Gasteiger partial charge in [0.15, 0.2) is 0 Å². The molecule has 1 atom stereocenters. The number of benzene rings is 1. The molecule has 5 heteroatoms. The van der Waals surface area contributed by atoms with E-state index < -0.39 is 0 Å². The fraction of sp³-hybridized carbons (Fsp3) is 0.385. The number of rotatable bonds is 6. The molecular formula is C13H17N3O2. The molecule has 1 aromatic carbocycles. The highest BCUT2D eigenvalue weighted by Crippen LogP contribution is 2.19. The Balaban J connectivity index is 2.11. The summed E-state index contributed by atoms with van der Waals surface area (Å²) in [5.41, 5.74) is 1.84. The van der Waals surface area contributed by atoms with Gasteiger partial charge in [0.2, 0.25) is 0 Å². The van der Waals surface area contributed by atoms with Crippen molar-refractivity contribution < 1.29 is 9.47 Å². The van der Waals surface area contributed by atoms with Crippen LogP contribution < -0.4 is 5.32 Å². The van der Waals surface area contributed by atoms with E-state index >= 15 is 0 Å². The maximum atomic E-state index is 5.30. The van der Waals surface area contributed by atoms with Crippen LogP contribution in [0.5, 0.6) is 0 Å². The van der Waals surface area contributed by atoms with Crippen LogP contribution in [0.25, 0.3) is 10.9 Å². The summed E-state index contributed by atoms with van der Waals surface area (Å²) in [5, 5.41) is 12.4. The zero-order valence-electron chi connectivity index (χ0n) is 10.6. The van der Waals surface area contributed by atoms with E-state index in [1.807, 2.05) is 24.3 Å². The predicted molar refractivity (Wildman–Crippen MR) is 70.7 cm³/mol. The van der Waals surface area contributed by atoms with Gasteiger partial charge in [-0.15, -0.1) is 0 Å². The number of nitrogens with zero attached hydrogens (tertiary/aromatic N) is 2. The molecule has 96 valence electrons. The van der Waals surface area contributed by atoms with Crippen LogP contribution in [0.3, 0.4) is 0 Å². The number of aromatic nitrogens is 2. The summed E-state index contributed by atoms with van der Waals surface area (Å²) in [4.78, 5) is 0. The van der Waals surface area contributed by atoms with Crippen LogP contribution in [0, 0.1) is 0 Å². The number of fused-ring (bicyclic) bond motifs is 1. The van der Waals surface area contributed by atoms with Gasteiger partial charge >= 0.3 is 0 Å². The Morgan fingerprint density at radius 2 is 2.11 bits per heavy atom. The third-order valence-corrected chi connectivity index (χ3v) is 2.75. The second-order valence-corrected chi connectivity index (χ2v) is 3.97. The maximum absolute atomic E-state index is 5.30. The molecule has 0 fully saturated rings. The quantitative estimate of drug-likeness (QED) is 0.842. The Labute approximate surface area is 106 Å². The van der Waals surface area contributed by atoms with Crippen LogP contribution in [0.2, 0.25) is 0 Å². The molecule has 0 spiro atoms. The predicted octanol–water partition coefficient (Wildman–Crippen LogP) is 1.70. The van der Waals surface area contributed by atoms with Crippen LogP contribution in [-0.2, 0) is 9.47 Å². The Hall–Kier alpha value is -1.72. The lowest BCUT2D eigenvalue weighted by molar-refractivity contribution is 0.0366. The smallest absolute Gasteiger partial charge is 0.0976 e. The molecule has 2 rings (SSSR count). The summed E-state index contributed by atoms with van der Waals surface area (Å²) in [7, 11) is 3.34. The van der Waals surface area contributed by atoms with E-state index in [0.717, 1.165) is 16.6 Å². The van der Waals surface area contributed by atoms with Crippen molar-refractivity contribution in [3.63, 3.8) is 0 Å². The molecule has 1 N–H and O–H groups in total. The van der Waals surface area contributed by atoms with Crippen LogP contribution in [0.15, 0.2) is 30.5 Å². The highest BCUT2D eigenvalue weighted by atomic mass is 16.5. The van der Waals surface area contributed by atoms with E-state index in [-0.39, 0.29) is 6.10 Å². The third kappa shape index (κ3) is 2.94. The van der Waals surface area contributed by atoms with E-state index in [2.05, 4.69) is 15.5 Å². The fourth-order valence-electron chi connectivity index (χ4n) is 1.77. The van der Waals surface area contributed by atoms with Crippen molar-refractivity contribution in [3.05, 3.63) is 30.5 Å². The highest BCUT2D eigenvalue weighted by Gasteiger charge is 2.08. The molecular weight excluding hydrogens is 230 g/mol. The third-order valence-electron chi connectivity index (χ3n) is 2.75. The summed E-state index contributed by atoms with van der Waals surface area (Å²) in [6, 6.07) is 7.89. The summed E-state index contributed by atoms with van der Waals surface area (Å²) in [5.74, 6) is 0. The fourth-order valence-corrected chi connectivity index (χ4v) is 1.77. The molecule has 0 aliphatic carbocycles. The Bertz CT molecular complexity index is 499. The molecule has 1 unspecified atom stereocenters. The summed E-state index contributed by atoms with van der Waals surface area (Å²) in [6.07, 6.45) is 1.74. The van der Waals surface area contributed by atoms with Crippen molar-refractivity contribution in [1.82, 2.24) is 10.2 Å². The van der Waals surface area contributed by atoms with Crippen molar-refractivity contribution in [2.45, 2.75) is 6.10 Å². The minimum Gasteiger partial charge on any atom is -0.382 e. The monoisotopic (exact) mass is 247 g/mol. The van der Waals surface area contributed by atoms with Crippen LogP contribution in [0.4, 0.5) is 5.69 Å². The topological polar surface area (TPSA) is 56.3 Å². The van der Waals surface area contributed by atoms with Gasteiger partial charge in [0.05, 0.1) is 30.1 Å². The number of hydrogen-bond donors (Lipinski definition) is 1. The van der Waals surface area contributed by atoms with Crippen molar-refractivity contribution >= 4 is 16.6 Å². The van der Waals surface area contributed by atoms with Gasteiger partial charge in [-0.25, -0.2) is 0 Å². The molecule has 2 aromatic rings. The Morgan fingerprint density at radius 3 is 2.89 bits per heavy atom. The van der Waals surface area contributed by atoms with Crippen LogP contribution in [-0.4, -0.2) is 43.7 Å². The number of anilines is 1. The van der Waals surface area contributed by atoms with Crippen molar-refractivity contribution in [2.75, 3.05) is 32.7 Å². The molecule has 0 aliphatic heterocycles. The minimum atomic E-state index is 0.0157. The molecule has 0 saturated heterocycles. The molecule has 0 amide bonds. The number of nitrogens with one attached hydrogen (secondary N) is 1. The molecule has 0 radical (unpaired) electrons. The summed E-state index contributed by atoms with van der Waals surface area (Å²) >= 11 is 0. The first-order valence-electron chi connectivity index (χ1n) is 5.81. The largest absolute Gasteiger partial charge is 0.382 e. The highest BCUT2D eigenvalue weighted by molar-refractivity contribution is 5.90. The van der Waals surface area contributed by atoms with E-state index in [9.17, 15) is 0 Å². The zero-order valence-corrected chi connectivity index (χ0v) is 10.6. The first kappa shape index (κ1) is 12.7. The van der Waals surface area contributed by atoms with Gasteiger partial charge in [-0.3, -0.25) is 0 Å². The average Bonchev–Trinajstić information content (AvgIpc) is 2.43. The van der Waals surface area contributed by atoms with Crippen molar-refractivity contribution in [3.8, 4) is 0 Å². The van der Waals surface area contributed by atoms with Gasteiger partial charge in [-0.2, -0.15) is 10.2 Å². The van der Waals surface area contributed by atoms with Gasteiger partial charge < -0.3 is 14.8 Å². The van der Waals surface area contributed by atoms with Crippen molar-refractivity contribution in [1.29, 1.82) is 0 Å². The molecule has 0 saturated carbocycles. The molecule has 0 bridgehead atoms. The Morgan fingerprint density at radius 1 is 1.28 bits per heavy atom. The molecule has 1 aromatic heterocycles. The van der Waals surface area contributed by atoms with E-state index in [0.29, 0.717) is 13.2 Å². The standard InChI is InChI=1S/C13H17N3O2/c1-17-9-10(18-2)7-14-13-8-15-16-12-6-4-3-5-11(12)13/h3-6,8,10H,7,9H2,1-2H3,(H,14,16). The van der Waals surface area contributed by atoms with Crippen molar-refractivity contribution in [2.24, 2.45) is 0 Å². The lowest BCUT2D eigenvalue weighted by Gasteiger charge is -2.16. The number of methoxy groups -OCH3 is 2. The Kier molecular flexibility index (Phi) is 4.44. The van der Waals surface area contributed by atoms with Crippen LogP contribution >= 0.6 is 0 Å². The molecule has 0 aliphatic rings. The first-order valence-corrected chi connectivity index (χ1v) is 5.81. The maximum Gasteiger partial charge on any atom is 0.0976 e. The van der Waals surface area contributed by atoms with E-state index in [1.165, 1.54) is 0 Å². The SMILES string of the molecule is COCC(CNc1cnnc2ccccc12)OC. The minimum absolute atomic E-state index is 0.0157. The lowest BCUT2D eigenvalue weighted by atomic mass is 10.2. The first-order chi connectivity index (χ1) is 8.85. The summed E-state index contributed by atoms with van der Waals surface area (Å²) in [6.45, 7) is 1.22. The average molecular weight is 247 g/mol. The van der Waals surface area contributed by atoms with E-state index in [4.69, 9.17) is 9.47 Å². The van der Waals surface area contributed by atoms with Crippen LogP contribution in [0.1, 0.15) is 0 Å². The van der Waals surface area contributed by atoms with Gasteiger partial charge in [-0.1, -0.05) is 18.2 Å². The number of ether oxygens (including phenoxy) is 2. The zero-order chi connectivity index (χ0) is 12.8. The molecule has 1 heterocycles.